The molecule has 0 amide bonds. The standard InChI is InChI=1S/C12H21N/c1-10(2)13-11-4-8-12(9-5-11)6-3-7-12/h11,13H,1,3-9H2,2H3. The molecule has 0 aromatic rings. The lowest BCUT2D eigenvalue weighted by Gasteiger charge is -2.47. The van der Waals surface area contributed by atoms with E-state index in [1.807, 2.05) is 0 Å². The highest BCUT2D eigenvalue weighted by atomic mass is 14.9. The molecule has 2 aliphatic carbocycles. The molecule has 0 atom stereocenters. The lowest BCUT2D eigenvalue weighted by atomic mass is 9.60. The van der Waals surface area contributed by atoms with Gasteiger partial charge in [0, 0.05) is 11.7 Å². The van der Waals surface area contributed by atoms with Crippen LogP contribution in [0.3, 0.4) is 0 Å². The van der Waals surface area contributed by atoms with E-state index in [1.165, 1.54) is 44.9 Å². The Morgan fingerprint density at radius 2 is 1.85 bits per heavy atom. The first kappa shape index (κ1) is 9.11. The van der Waals surface area contributed by atoms with E-state index in [2.05, 4.69) is 18.8 Å². The Hall–Kier alpha value is -0.460. The van der Waals surface area contributed by atoms with Crippen LogP contribution in [0.25, 0.3) is 0 Å². The average Bonchev–Trinajstić information content (AvgIpc) is 2.02. The van der Waals surface area contributed by atoms with Crippen molar-refractivity contribution < 1.29 is 0 Å². The molecule has 0 saturated heterocycles. The lowest BCUT2D eigenvalue weighted by Crippen LogP contribution is -2.40. The molecule has 0 radical (unpaired) electrons. The highest BCUT2D eigenvalue weighted by Gasteiger charge is 2.39. The third-order valence-corrected chi connectivity index (χ3v) is 3.91. The van der Waals surface area contributed by atoms with Crippen molar-refractivity contribution in [3.8, 4) is 0 Å². The van der Waals surface area contributed by atoms with E-state index in [1.54, 1.807) is 0 Å². The molecule has 1 nitrogen and oxygen atoms in total. The van der Waals surface area contributed by atoms with Crippen molar-refractivity contribution in [1.82, 2.24) is 5.32 Å². The van der Waals surface area contributed by atoms with Gasteiger partial charge in [0.25, 0.3) is 0 Å². The topological polar surface area (TPSA) is 12.0 Å². The predicted molar refractivity (Wildman–Crippen MR) is 56.5 cm³/mol. The number of allylic oxidation sites excluding steroid dienone is 1. The molecular weight excluding hydrogens is 158 g/mol. The van der Waals surface area contributed by atoms with Gasteiger partial charge in [-0.25, -0.2) is 0 Å². The van der Waals surface area contributed by atoms with Crippen LogP contribution < -0.4 is 5.32 Å². The average molecular weight is 179 g/mol. The summed E-state index contributed by atoms with van der Waals surface area (Å²) in [6, 6.07) is 0.726. The minimum Gasteiger partial charge on any atom is -0.386 e. The van der Waals surface area contributed by atoms with Gasteiger partial charge >= 0.3 is 0 Å². The van der Waals surface area contributed by atoms with Crippen LogP contribution >= 0.6 is 0 Å². The number of hydrogen-bond donors (Lipinski definition) is 1. The van der Waals surface area contributed by atoms with E-state index in [9.17, 15) is 0 Å². The Morgan fingerprint density at radius 1 is 1.23 bits per heavy atom. The molecule has 0 aromatic heterocycles. The molecule has 1 N–H and O–H groups in total. The normalized spacial score (nSPS) is 26.8. The summed E-state index contributed by atoms with van der Waals surface area (Å²) in [5.74, 6) is 0. The van der Waals surface area contributed by atoms with Gasteiger partial charge in [-0.15, -0.1) is 0 Å². The van der Waals surface area contributed by atoms with Gasteiger partial charge in [-0.3, -0.25) is 0 Å². The Balaban J connectivity index is 1.79. The first-order valence-electron chi connectivity index (χ1n) is 5.62. The fourth-order valence-corrected chi connectivity index (χ4v) is 2.90. The maximum atomic E-state index is 3.91. The zero-order chi connectivity index (χ0) is 9.31. The summed E-state index contributed by atoms with van der Waals surface area (Å²) in [7, 11) is 0. The minimum atomic E-state index is 0.726. The third kappa shape index (κ3) is 1.90. The Morgan fingerprint density at radius 3 is 2.23 bits per heavy atom. The lowest BCUT2D eigenvalue weighted by molar-refractivity contribution is 0.0659. The van der Waals surface area contributed by atoms with Crippen molar-refractivity contribution in [3.05, 3.63) is 12.3 Å². The van der Waals surface area contributed by atoms with Gasteiger partial charge in [-0.1, -0.05) is 13.0 Å². The second-order valence-corrected chi connectivity index (χ2v) is 5.05. The molecule has 74 valence electrons. The molecular formula is C12H21N. The second-order valence-electron chi connectivity index (χ2n) is 5.05. The molecule has 2 fully saturated rings. The summed E-state index contributed by atoms with van der Waals surface area (Å²) >= 11 is 0. The van der Waals surface area contributed by atoms with E-state index < -0.39 is 0 Å². The molecule has 0 heterocycles. The van der Waals surface area contributed by atoms with E-state index >= 15 is 0 Å². The molecule has 2 aliphatic rings. The molecule has 0 aromatic carbocycles. The first-order chi connectivity index (χ1) is 6.20. The van der Waals surface area contributed by atoms with Crippen LogP contribution in [0.5, 0.6) is 0 Å². The van der Waals surface area contributed by atoms with Crippen LogP contribution in [0, 0.1) is 5.41 Å². The maximum absolute atomic E-state index is 3.91. The van der Waals surface area contributed by atoms with Crippen molar-refractivity contribution in [1.29, 1.82) is 0 Å². The molecule has 2 saturated carbocycles. The van der Waals surface area contributed by atoms with Crippen LogP contribution in [0.1, 0.15) is 51.9 Å². The molecule has 0 aliphatic heterocycles. The van der Waals surface area contributed by atoms with E-state index in [0.717, 1.165) is 17.2 Å². The van der Waals surface area contributed by atoms with Crippen molar-refractivity contribution >= 4 is 0 Å². The van der Waals surface area contributed by atoms with Crippen molar-refractivity contribution in [2.45, 2.75) is 57.9 Å². The quantitative estimate of drug-likeness (QED) is 0.686. The summed E-state index contributed by atoms with van der Waals surface area (Å²) in [5.41, 5.74) is 1.93. The monoisotopic (exact) mass is 179 g/mol. The molecule has 1 heteroatoms. The fourth-order valence-electron chi connectivity index (χ4n) is 2.90. The van der Waals surface area contributed by atoms with Gasteiger partial charge in [0.2, 0.25) is 0 Å². The number of nitrogens with one attached hydrogen (secondary N) is 1. The summed E-state index contributed by atoms with van der Waals surface area (Å²) in [5, 5.41) is 3.47. The van der Waals surface area contributed by atoms with Crippen molar-refractivity contribution in [3.63, 3.8) is 0 Å². The van der Waals surface area contributed by atoms with E-state index in [-0.39, 0.29) is 0 Å². The van der Waals surface area contributed by atoms with Gasteiger partial charge in [0.1, 0.15) is 0 Å². The van der Waals surface area contributed by atoms with Gasteiger partial charge in [0.05, 0.1) is 0 Å². The van der Waals surface area contributed by atoms with E-state index in [0.29, 0.717) is 0 Å². The molecule has 1 spiro atoms. The summed E-state index contributed by atoms with van der Waals surface area (Å²) in [6.45, 7) is 5.97. The molecule has 2 rings (SSSR count). The smallest absolute Gasteiger partial charge is 0.0258 e. The summed E-state index contributed by atoms with van der Waals surface area (Å²) in [6.07, 6.45) is 10.1. The fraction of sp³-hybridized carbons (Fsp3) is 0.833. The first-order valence-corrected chi connectivity index (χ1v) is 5.62. The Kier molecular flexibility index (Phi) is 2.35. The Labute approximate surface area is 81.6 Å². The van der Waals surface area contributed by atoms with Gasteiger partial charge in [-0.05, 0) is 50.9 Å². The van der Waals surface area contributed by atoms with Crippen LogP contribution in [-0.2, 0) is 0 Å². The Bertz CT molecular complexity index is 193. The van der Waals surface area contributed by atoms with Crippen LogP contribution in [0.2, 0.25) is 0 Å². The number of hydrogen-bond acceptors (Lipinski definition) is 1. The van der Waals surface area contributed by atoms with Gasteiger partial charge in [0.15, 0.2) is 0 Å². The third-order valence-electron chi connectivity index (χ3n) is 3.91. The minimum absolute atomic E-state index is 0.726. The highest BCUT2D eigenvalue weighted by Crippen LogP contribution is 2.51. The zero-order valence-electron chi connectivity index (χ0n) is 8.73. The van der Waals surface area contributed by atoms with Crippen molar-refractivity contribution in [2.24, 2.45) is 5.41 Å². The molecule has 13 heavy (non-hydrogen) atoms. The van der Waals surface area contributed by atoms with Gasteiger partial charge < -0.3 is 5.32 Å². The van der Waals surface area contributed by atoms with Crippen LogP contribution in [-0.4, -0.2) is 6.04 Å². The number of rotatable bonds is 2. The largest absolute Gasteiger partial charge is 0.386 e. The zero-order valence-corrected chi connectivity index (χ0v) is 8.73. The van der Waals surface area contributed by atoms with Crippen LogP contribution in [0.4, 0.5) is 0 Å². The van der Waals surface area contributed by atoms with Gasteiger partial charge in [-0.2, -0.15) is 0 Å². The molecule has 0 unspecified atom stereocenters. The van der Waals surface area contributed by atoms with E-state index in [4.69, 9.17) is 0 Å². The molecule has 0 bridgehead atoms. The highest BCUT2D eigenvalue weighted by molar-refractivity contribution is 4.96. The summed E-state index contributed by atoms with van der Waals surface area (Å²) < 4.78 is 0. The second kappa shape index (κ2) is 3.36. The SMILES string of the molecule is C=C(C)NC1CCC2(CCC2)CC1. The van der Waals surface area contributed by atoms with Crippen LogP contribution in [0.15, 0.2) is 12.3 Å². The maximum Gasteiger partial charge on any atom is 0.0258 e. The predicted octanol–water partition coefficient (Wildman–Crippen LogP) is 3.22. The van der Waals surface area contributed by atoms with Crippen molar-refractivity contribution in [2.75, 3.05) is 0 Å². The summed E-state index contributed by atoms with van der Waals surface area (Å²) in [4.78, 5) is 0.